The summed E-state index contributed by atoms with van der Waals surface area (Å²) in [5.41, 5.74) is -1.42. The molecular formula is C37H64N4O11S2. The number of carboxylic acid groups (broad SMARTS) is 2. The first kappa shape index (κ1) is 50.2. The molecule has 2 rings (SSSR count). The Morgan fingerprint density at radius 3 is 1.44 bits per heavy atom. The Hall–Kier alpha value is -3.83. The molecule has 0 bridgehead atoms. The van der Waals surface area contributed by atoms with Crippen molar-refractivity contribution in [2.45, 2.75) is 146 Å². The Bertz CT molecular complexity index is 1500. The van der Waals surface area contributed by atoms with E-state index in [4.69, 9.17) is 25.8 Å². The number of thiazole rings is 2. The van der Waals surface area contributed by atoms with Gasteiger partial charge in [0, 0.05) is 58.1 Å². The second kappa shape index (κ2) is 23.2. The molecule has 0 saturated carbocycles. The van der Waals surface area contributed by atoms with Gasteiger partial charge in [-0.1, -0.05) is 48.9 Å². The molecule has 0 spiro atoms. The highest BCUT2D eigenvalue weighted by molar-refractivity contribution is 7.10. The average Bonchev–Trinajstić information content (AvgIpc) is 3.71. The number of hydrogen-bond donors (Lipinski definition) is 3. The second-order valence-corrected chi connectivity index (χ2v) is 16.4. The highest BCUT2D eigenvalue weighted by Gasteiger charge is 2.33. The Morgan fingerprint density at radius 1 is 0.778 bits per heavy atom. The SMILES string of the molecule is C.CC(=O)OC(C[C@H](C(C)C)N(C)C(=O)OC(C)(C)C)c1nc(C(=O)O)cs1.CC(C)[C@@H](C[C@@H](O)c1nc(C(=O)O)cs1)N(C)C(=O)OC(C)(C)C.[2H]CC. The first-order valence-corrected chi connectivity index (χ1v) is 18.8. The van der Waals surface area contributed by atoms with E-state index in [0.717, 1.165) is 22.7 Å². The molecule has 0 aromatic carbocycles. The number of aliphatic hydroxyl groups excluding tert-OH is 1. The van der Waals surface area contributed by atoms with Crippen molar-refractivity contribution in [2.24, 2.45) is 11.8 Å². The van der Waals surface area contributed by atoms with Crippen LogP contribution in [0.5, 0.6) is 0 Å². The Labute approximate surface area is 330 Å². The van der Waals surface area contributed by atoms with Crippen LogP contribution in [0.15, 0.2) is 10.8 Å². The Balaban J connectivity index is 0. The van der Waals surface area contributed by atoms with E-state index in [0.29, 0.717) is 16.9 Å². The van der Waals surface area contributed by atoms with Crippen LogP contribution in [0.3, 0.4) is 0 Å². The predicted octanol–water partition coefficient (Wildman–Crippen LogP) is 8.55. The standard InChI is InChI=1S/C18H28N2O6S.C16H26N2O5S.C2H6.CH4/c1-10(2)13(20(7)17(24)26-18(4,5)6)8-14(25-11(3)21)15-19-12(9-27-15)16(22)23;1-9(2)11(18(6)15(22)23-16(3,4)5)7-12(19)13-17-10(8-24-13)14(20)21;1-2;/h9-10,13-14H,8H2,1-7H3,(H,22,23);8-9,11-12,19H,7H2,1-6H3,(H,20,21);1-2H3;1H4/t13-,14?;11-,12-;;/m11../s1/i;;1D;. The van der Waals surface area contributed by atoms with Crippen LogP contribution in [0.4, 0.5) is 9.59 Å². The van der Waals surface area contributed by atoms with Crippen LogP contribution >= 0.6 is 22.7 Å². The predicted molar refractivity (Wildman–Crippen MR) is 210 cm³/mol. The normalized spacial score (nSPS) is 13.6. The number of nitrogens with zero attached hydrogens (tertiary/aromatic N) is 4. The summed E-state index contributed by atoms with van der Waals surface area (Å²) in [5.74, 6) is -2.66. The molecular weight excluding hydrogens is 741 g/mol. The quantitative estimate of drug-likeness (QED) is 0.128. The van der Waals surface area contributed by atoms with Crippen molar-refractivity contribution in [3.8, 4) is 0 Å². The van der Waals surface area contributed by atoms with Gasteiger partial charge in [0.25, 0.3) is 0 Å². The Morgan fingerprint density at radius 2 is 1.13 bits per heavy atom. The van der Waals surface area contributed by atoms with Crippen molar-refractivity contribution in [1.29, 1.82) is 0 Å². The van der Waals surface area contributed by atoms with E-state index in [9.17, 15) is 29.1 Å². The molecule has 0 fully saturated rings. The monoisotopic (exact) mass is 805 g/mol. The van der Waals surface area contributed by atoms with Gasteiger partial charge < -0.3 is 39.3 Å². The lowest BCUT2D eigenvalue weighted by Gasteiger charge is -2.34. The molecule has 310 valence electrons. The number of esters is 1. The van der Waals surface area contributed by atoms with E-state index >= 15 is 0 Å². The van der Waals surface area contributed by atoms with Gasteiger partial charge in [-0.3, -0.25) is 4.79 Å². The number of aromatic carboxylic acids is 2. The van der Waals surface area contributed by atoms with E-state index in [1.54, 1.807) is 62.6 Å². The van der Waals surface area contributed by atoms with Crippen molar-refractivity contribution < 1.29 is 54.9 Å². The minimum absolute atomic E-state index is 0. The van der Waals surface area contributed by atoms with Crippen LogP contribution in [0.1, 0.15) is 155 Å². The smallest absolute Gasteiger partial charge is 0.410 e. The van der Waals surface area contributed by atoms with Crippen molar-refractivity contribution >= 4 is 52.8 Å². The maximum absolute atomic E-state index is 12.4. The van der Waals surface area contributed by atoms with Crippen LogP contribution in [0.25, 0.3) is 0 Å². The van der Waals surface area contributed by atoms with E-state index in [2.05, 4.69) is 9.97 Å². The summed E-state index contributed by atoms with van der Waals surface area (Å²) in [7, 11) is 3.27. The summed E-state index contributed by atoms with van der Waals surface area (Å²) in [6.45, 7) is 22.1. The fraction of sp³-hybridized carbons (Fsp3) is 0.703. The lowest BCUT2D eigenvalue weighted by atomic mass is 9.96. The minimum Gasteiger partial charge on any atom is -0.476 e. The molecule has 54 heavy (non-hydrogen) atoms. The van der Waals surface area contributed by atoms with Gasteiger partial charge >= 0.3 is 30.1 Å². The molecule has 2 aromatic rings. The number of rotatable bonds is 13. The number of hydrogen-bond acceptors (Lipinski definition) is 13. The summed E-state index contributed by atoms with van der Waals surface area (Å²) < 4.78 is 22.4. The number of carbonyl (C=O) groups is 5. The third-order valence-corrected chi connectivity index (χ3v) is 9.05. The number of carbonyl (C=O) groups excluding carboxylic acids is 3. The van der Waals surface area contributed by atoms with Crippen molar-refractivity contribution in [2.75, 3.05) is 14.1 Å². The number of ether oxygens (including phenoxy) is 3. The van der Waals surface area contributed by atoms with E-state index in [1.807, 2.05) is 27.7 Å². The highest BCUT2D eigenvalue weighted by Crippen LogP contribution is 2.31. The number of aliphatic hydroxyl groups is 1. The molecule has 0 saturated heterocycles. The molecule has 4 atom stereocenters. The molecule has 2 amide bonds. The molecule has 17 heteroatoms. The zero-order chi connectivity index (χ0) is 42.3. The maximum Gasteiger partial charge on any atom is 0.410 e. The van der Waals surface area contributed by atoms with E-state index in [1.165, 1.54) is 27.5 Å². The minimum atomic E-state index is -1.15. The van der Waals surface area contributed by atoms with Crippen LogP contribution < -0.4 is 0 Å². The molecule has 1 unspecified atom stereocenters. The largest absolute Gasteiger partial charge is 0.476 e. The fourth-order valence-corrected chi connectivity index (χ4v) is 6.34. The third kappa shape index (κ3) is 18.5. The van der Waals surface area contributed by atoms with Gasteiger partial charge in [-0.25, -0.2) is 29.1 Å². The molecule has 0 aliphatic carbocycles. The van der Waals surface area contributed by atoms with Gasteiger partial charge in [0.15, 0.2) is 17.5 Å². The van der Waals surface area contributed by atoms with Crippen LogP contribution in [0, 0.1) is 11.8 Å². The van der Waals surface area contributed by atoms with Gasteiger partial charge in [0.05, 0.1) is 0 Å². The molecule has 0 aliphatic heterocycles. The summed E-state index contributed by atoms with van der Waals surface area (Å²) in [6, 6.07) is -0.576. The zero-order valence-corrected chi connectivity index (χ0v) is 35.1. The fourth-order valence-electron chi connectivity index (χ4n) is 4.71. The van der Waals surface area contributed by atoms with Crippen molar-refractivity contribution in [1.82, 2.24) is 19.8 Å². The van der Waals surface area contributed by atoms with Gasteiger partial charge in [-0.15, -0.1) is 22.7 Å². The summed E-state index contributed by atoms with van der Waals surface area (Å²) in [6.07, 6.45) is -2.11. The van der Waals surface area contributed by atoms with E-state index in [-0.39, 0.29) is 55.6 Å². The number of carboxylic acids is 2. The molecule has 2 aromatic heterocycles. The van der Waals surface area contributed by atoms with Gasteiger partial charge in [-0.2, -0.15) is 0 Å². The van der Waals surface area contributed by atoms with Crippen LogP contribution in [0.2, 0.25) is 0 Å². The average molecular weight is 806 g/mol. The van der Waals surface area contributed by atoms with Crippen molar-refractivity contribution in [3.63, 3.8) is 0 Å². The van der Waals surface area contributed by atoms with Crippen molar-refractivity contribution in [3.05, 3.63) is 32.2 Å². The zero-order valence-electron chi connectivity index (χ0n) is 34.5. The van der Waals surface area contributed by atoms with Crippen LogP contribution in [-0.2, 0) is 19.0 Å². The third-order valence-electron chi connectivity index (χ3n) is 7.17. The maximum atomic E-state index is 12.4. The first-order valence-electron chi connectivity index (χ1n) is 17.8. The molecule has 0 radical (unpaired) electrons. The summed E-state index contributed by atoms with van der Waals surface area (Å²) in [4.78, 5) is 69.1. The molecule has 2 heterocycles. The van der Waals surface area contributed by atoms with Gasteiger partial charge in [0.2, 0.25) is 0 Å². The number of amides is 2. The summed E-state index contributed by atoms with van der Waals surface area (Å²) >= 11 is 2.20. The molecule has 3 N–H and O–H groups in total. The Kier molecular flexibility index (Phi) is 21.5. The van der Waals surface area contributed by atoms with Gasteiger partial charge in [0.1, 0.15) is 27.3 Å². The summed E-state index contributed by atoms with van der Waals surface area (Å²) in [5, 5.41) is 31.9. The highest BCUT2D eigenvalue weighted by atomic mass is 32.1. The lowest BCUT2D eigenvalue weighted by Crippen LogP contribution is -2.44. The second-order valence-electron chi connectivity index (χ2n) is 14.6. The topological polar surface area (TPSA) is 206 Å². The lowest BCUT2D eigenvalue weighted by molar-refractivity contribution is -0.147. The van der Waals surface area contributed by atoms with E-state index < -0.39 is 53.5 Å². The van der Waals surface area contributed by atoms with Gasteiger partial charge in [-0.05, 0) is 53.4 Å². The molecule has 15 nitrogen and oxygen atoms in total. The first-order chi connectivity index (χ1) is 24.6. The van der Waals surface area contributed by atoms with Crippen LogP contribution in [-0.4, -0.2) is 103 Å². The molecule has 0 aliphatic rings. The number of aromatic nitrogens is 2.